The van der Waals surface area contributed by atoms with Crippen LogP contribution in [0, 0.1) is 0 Å². The van der Waals surface area contributed by atoms with Gasteiger partial charge in [0.1, 0.15) is 6.10 Å². The molecule has 2 saturated heterocycles. The second kappa shape index (κ2) is 7.92. The van der Waals surface area contributed by atoms with Crippen LogP contribution < -0.4 is 11.1 Å². The second-order valence-corrected chi connectivity index (χ2v) is 7.16. The lowest BCUT2D eigenvalue weighted by Gasteiger charge is -2.48. The summed E-state index contributed by atoms with van der Waals surface area (Å²) < 4.78 is 11.2. The van der Waals surface area contributed by atoms with E-state index in [1.165, 1.54) is 32.1 Å². The summed E-state index contributed by atoms with van der Waals surface area (Å²) in [4.78, 5) is 15.0. The fraction of sp³-hybridized carbons (Fsp3) is 0.941. The molecule has 0 aromatic rings. The molecule has 132 valence electrons. The number of carbonyl (C=O) groups is 1. The minimum absolute atomic E-state index is 0.0409. The van der Waals surface area contributed by atoms with Crippen LogP contribution in [0.15, 0.2) is 0 Å². The smallest absolute Gasteiger partial charge is 0.249 e. The Bertz CT molecular complexity index is 393. The Balaban J connectivity index is 1.57. The maximum absolute atomic E-state index is 12.5. The van der Waals surface area contributed by atoms with Crippen molar-refractivity contribution in [3.63, 3.8) is 0 Å². The first-order valence-electron chi connectivity index (χ1n) is 9.19. The highest BCUT2D eigenvalue weighted by Gasteiger charge is 2.39. The molecule has 0 aromatic carbocycles. The quantitative estimate of drug-likeness (QED) is 0.776. The first-order valence-corrected chi connectivity index (χ1v) is 9.19. The lowest BCUT2D eigenvalue weighted by molar-refractivity contribution is -0.133. The van der Waals surface area contributed by atoms with E-state index in [0.29, 0.717) is 6.54 Å². The number of nitrogens with one attached hydrogen (secondary N) is 1. The fourth-order valence-electron chi connectivity index (χ4n) is 4.29. The third-order valence-corrected chi connectivity index (χ3v) is 5.72. The van der Waals surface area contributed by atoms with Gasteiger partial charge in [0.25, 0.3) is 0 Å². The lowest BCUT2D eigenvalue weighted by atomic mass is 9.79. The van der Waals surface area contributed by atoms with E-state index < -0.39 is 0 Å². The van der Waals surface area contributed by atoms with Gasteiger partial charge in [0.15, 0.2) is 0 Å². The maximum Gasteiger partial charge on any atom is 0.249 e. The molecule has 3 N–H and O–H groups in total. The number of ether oxygens (including phenoxy) is 2. The number of nitrogens with two attached hydrogens (primary N) is 1. The van der Waals surface area contributed by atoms with E-state index in [1.54, 1.807) is 0 Å². The third-order valence-electron chi connectivity index (χ3n) is 5.72. The molecule has 1 amide bonds. The normalized spacial score (nSPS) is 31.9. The summed E-state index contributed by atoms with van der Waals surface area (Å²) in [5.41, 5.74) is 5.75. The van der Waals surface area contributed by atoms with E-state index in [1.807, 2.05) is 0 Å². The van der Waals surface area contributed by atoms with E-state index >= 15 is 0 Å². The van der Waals surface area contributed by atoms with Gasteiger partial charge in [-0.1, -0.05) is 19.3 Å². The molecule has 0 aromatic heterocycles. The van der Waals surface area contributed by atoms with Gasteiger partial charge in [-0.2, -0.15) is 0 Å². The average Bonchev–Trinajstić information content (AvgIpc) is 3.10. The molecule has 23 heavy (non-hydrogen) atoms. The van der Waals surface area contributed by atoms with Crippen LogP contribution >= 0.6 is 0 Å². The van der Waals surface area contributed by atoms with Crippen LogP contribution in [0.25, 0.3) is 0 Å². The van der Waals surface area contributed by atoms with Crippen LogP contribution in [0.4, 0.5) is 0 Å². The van der Waals surface area contributed by atoms with Crippen molar-refractivity contribution < 1.29 is 14.3 Å². The minimum atomic E-state index is -0.311. The summed E-state index contributed by atoms with van der Waals surface area (Å²) >= 11 is 0. The van der Waals surface area contributed by atoms with Gasteiger partial charge in [-0.25, -0.2) is 0 Å². The Hall–Kier alpha value is -0.690. The van der Waals surface area contributed by atoms with Crippen molar-refractivity contribution in [3.8, 4) is 0 Å². The summed E-state index contributed by atoms with van der Waals surface area (Å²) in [7, 11) is 0. The molecular weight excluding hydrogens is 294 g/mol. The number of hydrogen-bond acceptors (Lipinski definition) is 5. The zero-order chi connectivity index (χ0) is 16.1. The highest BCUT2D eigenvalue weighted by molar-refractivity contribution is 5.81. The summed E-state index contributed by atoms with van der Waals surface area (Å²) in [6.07, 6.45) is 7.58. The van der Waals surface area contributed by atoms with Crippen molar-refractivity contribution in [2.75, 3.05) is 39.4 Å². The molecular formula is C17H31N3O3. The molecule has 3 aliphatic rings. The van der Waals surface area contributed by atoms with Crippen molar-refractivity contribution in [1.29, 1.82) is 0 Å². The zero-order valence-electron chi connectivity index (χ0n) is 14.1. The summed E-state index contributed by atoms with van der Waals surface area (Å²) in [5.74, 6) is 0.0409. The van der Waals surface area contributed by atoms with E-state index in [0.717, 1.165) is 45.7 Å². The molecule has 0 radical (unpaired) electrons. The molecule has 3 rings (SSSR count). The Labute approximate surface area is 139 Å². The number of rotatable bonds is 5. The van der Waals surface area contributed by atoms with Gasteiger partial charge in [-0.15, -0.1) is 0 Å². The number of carbonyl (C=O) groups excluding carboxylic acids is 1. The molecule has 6 nitrogen and oxygen atoms in total. The third kappa shape index (κ3) is 4.05. The number of nitrogens with zero attached hydrogens (tertiary/aromatic N) is 1. The topological polar surface area (TPSA) is 76.8 Å². The summed E-state index contributed by atoms with van der Waals surface area (Å²) in [5, 5.41) is 3.19. The highest BCUT2D eigenvalue weighted by Crippen LogP contribution is 2.34. The maximum atomic E-state index is 12.5. The SMILES string of the molecule is NC[C@H]1CC[C@@H](C(=O)NCC2(N3CCOCC3)CCCCC2)O1. The van der Waals surface area contributed by atoms with Crippen LogP contribution in [-0.4, -0.2) is 67.9 Å². The van der Waals surface area contributed by atoms with Gasteiger partial charge < -0.3 is 20.5 Å². The van der Waals surface area contributed by atoms with Gasteiger partial charge in [-0.05, 0) is 25.7 Å². The monoisotopic (exact) mass is 325 g/mol. The van der Waals surface area contributed by atoms with Crippen molar-refractivity contribution in [3.05, 3.63) is 0 Å². The Morgan fingerprint density at radius 1 is 1.17 bits per heavy atom. The molecule has 2 heterocycles. The molecule has 0 spiro atoms. The van der Waals surface area contributed by atoms with E-state index in [9.17, 15) is 4.79 Å². The van der Waals surface area contributed by atoms with Gasteiger partial charge in [0.2, 0.25) is 5.91 Å². The Morgan fingerprint density at radius 2 is 1.91 bits per heavy atom. The van der Waals surface area contributed by atoms with E-state index in [-0.39, 0.29) is 23.7 Å². The number of amides is 1. The lowest BCUT2D eigenvalue weighted by Crippen LogP contribution is -2.60. The van der Waals surface area contributed by atoms with Crippen molar-refractivity contribution in [1.82, 2.24) is 10.2 Å². The van der Waals surface area contributed by atoms with Gasteiger partial charge in [-0.3, -0.25) is 9.69 Å². The van der Waals surface area contributed by atoms with Crippen LogP contribution in [0.2, 0.25) is 0 Å². The fourth-order valence-corrected chi connectivity index (χ4v) is 4.29. The van der Waals surface area contributed by atoms with Crippen molar-refractivity contribution in [2.24, 2.45) is 5.73 Å². The first kappa shape index (κ1) is 17.1. The van der Waals surface area contributed by atoms with Crippen LogP contribution in [0.3, 0.4) is 0 Å². The molecule has 0 bridgehead atoms. The van der Waals surface area contributed by atoms with Crippen LogP contribution in [0.1, 0.15) is 44.9 Å². The molecule has 1 aliphatic carbocycles. The molecule has 6 heteroatoms. The first-order chi connectivity index (χ1) is 11.2. The predicted molar refractivity (Wildman–Crippen MR) is 88.2 cm³/mol. The average molecular weight is 325 g/mol. The Morgan fingerprint density at radius 3 is 2.57 bits per heavy atom. The van der Waals surface area contributed by atoms with Gasteiger partial charge >= 0.3 is 0 Å². The molecule has 1 saturated carbocycles. The van der Waals surface area contributed by atoms with E-state index in [4.69, 9.17) is 15.2 Å². The molecule has 2 aliphatic heterocycles. The summed E-state index contributed by atoms with van der Waals surface area (Å²) in [6.45, 7) is 4.80. The minimum Gasteiger partial charge on any atom is -0.379 e. The van der Waals surface area contributed by atoms with Gasteiger partial charge in [0, 0.05) is 31.7 Å². The van der Waals surface area contributed by atoms with Crippen molar-refractivity contribution in [2.45, 2.75) is 62.7 Å². The summed E-state index contributed by atoms with van der Waals surface area (Å²) in [6, 6.07) is 0. The molecule has 3 fully saturated rings. The highest BCUT2D eigenvalue weighted by atomic mass is 16.5. The number of hydrogen-bond donors (Lipinski definition) is 2. The predicted octanol–water partition coefficient (Wildman–Crippen LogP) is 0.644. The van der Waals surface area contributed by atoms with E-state index in [2.05, 4.69) is 10.2 Å². The van der Waals surface area contributed by atoms with Crippen LogP contribution in [0.5, 0.6) is 0 Å². The van der Waals surface area contributed by atoms with Gasteiger partial charge in [0.05, 0.1) is 19.3 Å². The van der Waals surface area contributed by atoms with Crippen LogP contribution in [-0.2, 0) is 14.3 Å². The number of morpholine rings is 1. The molecule has 0 unspecified atom stereocenters. The standard InChI is InChI=1S/C17H31N3O3/c18-12-14-4-5-15(23-14)16(21)19-13-17(6-2-1-3-7-17)20-8-10-22-11-9-20/h14-15H,1-13,18H2,(H,19,21)/t14-,15+/m1/s1. The Kier molecular flexibility index (Phi) is 5.91. The molecule has 2 atom stereocenters. The largest absolute Gasteiger partial charge is 0.379 e. The second-order valence-electron chi connectivity index (χ2n) is 7.16. The zero-order valence-corrected chi connectivity index (χ0v) is 14.1. The van der Waals surface area contributed by atoms with Crippen molar-refractivity contribution >= 4 is 5.91 Å².